The molecule has 0 aliphatic carbocycles. The first-order chi connectivity index (χ1) is 9.12. The molecule has 1 aromatic rings. The highest BCUT2D eigenvalue weighted by Gasteiger charge is 2.45. The van der Waals surface area contributed by atoms with Crippen LogP contribution in [0.4, 0.5) is 0 Å². The molecule has 4 nitrogen and oxygen atoms in total. The Balaban J connectivity index is 2.51. The first-order valence-corrected chi connectivity index (χ1v) is 6.13. The smallest absolute Gasteiger partial charge is 0.350 e. The largest absolute Gasteiger partial charge is 0.448 e. The predicted molar refractivity (Wildman–Crippen MR) is 70.0 cm³/mol. The molecule has 1 aliphatic rings. The minimum absolute atomic E-state index is 0.0633. The molecule has 4 heteroatoms. The van der Waals surface area contributed by atoms with Crippen molar-refractivity contribution in [2.75, 3.05) is 13.2 Å². The van der Waals surface area contributed by atoms with E-state index in [1.54, 1.807) is 6.92 Å². The van der Waals surface area contributed by atoms with Gasteiger partial charge < -0.3 is 9.47 Å². The summed E-state index contributed by atoms with van der Waals surface area (Å²) in [5.74, 6) is -0.580. The van der Waals surface area contributed by atoms with Gasteiger partial charge in [-0.25, -0.2) is 4.79 Å². The lowest BCUT2D eigenvalue weighted by Crippen LogP contribution is -2.33. The number of carbonyl (C=O) groups is 1. The Hall–Kier alpha value is -2.12. The molecule has 0 bridgehead atoms. The normalized spacial score (nSPS) is 22.3. The highest BCUT2D eigenvalue weighted by atomic mass is 16.6. The van der Waals surface area contributed by atoms with Crippen molar-refractivity contribution in [3.05, 3.63) is 41.5 Å². The van der Waals surface area contributed by atoms with Gasteiger partial charge in [0.25, 0.3) is 0 Å². The molecule has 1 heterocycles. The van der Waals surface area contributed by atoms with Gasteiger partial charge in [-0.05, 0) is 19.4 Å². The average molecular weight is 257 g/mol. The second kappa shape index (κ2) is 5.25. The molecular formula is C15H15NO3. The Kier molecular flexibility index (Phi) is 3.68. The zero-order valence-electron chi connectivity index (χ0n) is 11.0. The molecule has 1 aromatic carbocycles. The summed E-state index contributed by atoms with van der Waals surface area (Å²) in [5, 5.41) is 9.18. The van der Waals surface area contributed by atoms with Gasteiger partial charge in [-0.2, -0.15) is 5.26 Å². The van der Waals surface area contributed by atoms with Gasteiger partial charge in [0.15, 0.2) is 5.60 Å². The fourth-order valence-electron chi connectivity index (χ4n) is 2.23. The van der Waals surface area contributed by atoms with Crippen molar-refractivity contribution < 1.29 is 14.3 Å². The number of ether oxygens (including phenoxy) is 2. The summed E-state index contributed by atoms with van der Waals surface area (Å²) in [6.07, 6.45) is 0. The second-order valence-corrected chi connectivity index (χ2v) is 4.49. The number of nitriles is 1. The van der Waals surface area contributed by atoms with E-state index >= 15 is 0 Å². The number of hydrogen-bond acceptors (Lipinski definition) is 4. The van der Waals surface area contributed by atoms with Crippen LogP contribution in [0.2, 0.25) is 0 Å². The van der Waals surface area contributed by atoms with Crippen molar-refractivity contribution in [2.24, 2.45) is 0 Å². The summed E-state index contributed by atoms with van der Waals surface area (Å²) >= 11 is 0. The van der Waals surface area contributed by atoms with Crippen LogP contribution in [-0.4, -0.2) is 24.8 Å². The number of benzene rings is 1. The van der Waals surface area contributed by atoms with Crippen LogP contribution in [0, 0.1) is 11.3 Å². The van der Waals surface area contributed by atoms with Gasteiger partial charge in [0, 0.05) is 12.2 Å². The Morgan fingerprint density at radius 3 is 2.63 bits per heavy atom. The molecule has 1 aliphatic heterocycles. The molecule has 0 fully saturated rings. The van der Waals surface area contributed by atoms with E-state index < -0.39 is 11.6 Å². The number of esters is 1. The summed E-state index contributed by atoms with van der Waals surface area (Å²) in [5.41, 5.74) is 0.578. The molecule has 0 amide bonds. The van der Waals surface area contributed by atoms with Gasteiger partial charge in [0.1, 0.15) is 11.6 Å². The van der Waals surface area contributed by atoms with Crippen LogP contribution in [0.15, 0.2) is 35.9 Å². The molecule has 1 unspecified atom stereocenters. The van der Waals surface area contributed by atoms with E-state index in [9.17, 15) is 10.1 Å². The van der Waals surface area contributed by atoms with Gasteiger partial charge in [0.2, 0.25) is 0 Å². The number of nitrogens with zero attached hydrogens (tertiary/aromatic N) is 1. The van der Waals surface area contributed by atoms with Crippen LogP contribution in [0.3, 0.4) is 0 Å². The molecule has 2 rings (SSSR count). The van der Waals surface area contributed by atoms with Gasteiger partial charge in [-0.3, -0.25) is 0 Å². The monoisotopic (exact) mass is 257 g/mol. The van der Waals surface area contributed by atoms with Gasteiger partial charge >= 0.3 is 5.97 Å². The highest BCUT2D eigenvalue weighted by Crippen LogP contribution is 2.39. The fraction of sp³-hybridized carbons (Fsp3) is 0.333. The quantitative estimate of drug-likeness (QED) is 0.777. The summed E-state index contributed by atoms with van der Waals surface area (Å²) in [6.45, 7) is 4.41. The molecular weight excluding hydrogens is 242 g/mol. The van der Waals surface area contributed by atoms with Crippen molar-refractivity contribution in [1.82, 2.24) is 0 Å². The Labute approximate surface area is 112 Å². The number of hydrogen-bond donors (Lipinski definition) is 0. The van der Waals surface area contributed by atoms with Crippen molar-refractivity contribution >= 4 is 11.5 Å². The summed E-state index contributed by atoms with van der Waals surface area (Å²) < 4.78 is 10.8. The maximum atomic E-state index is 11.8. The van der Waals surface area contributed by atoms with E-state index in [2.05, 4.69) is 0 Å². The van der Waals surface area contributed by atoms with Gasteiger partial charge in [-0.15, -0.1) is 0 Å². The van der Waals surface area contributed by atoms with Crippen molar-refractivity contribution in [3.8, 4) is 6.07 Å². The minimum atomic E-state index is -0.903. The molecule has 19 heavy (non-hydrogen) atoms. The third-order valence-electron chi connectivity index (χ3n) is 3.06. The van der Waals surface area contributed by atoms with Crippen molar-refractivity contribution in [3.63, 3.8) is 0 Å². The molecule has 1 atom stereocenters. The van der Waals surface area contributed by atoms with Crippen LogP contribution in [0.5, 0.6) is 0 Å². The van der Waals surface area contributed by atoms with Crippen molar-refractivity contribution in [1.29, 1.82) is 5.26 Å². The van der Waals surface area contributed by atoms with Crippen LogP contribution in [0.25, 0.3) is 5.57 Å². The van der Waals surface area contributed by atoms with Crippen LogP contribution >= 0.6 is 0 Å². The maximum Gasteiger partial charge on any atom is 0.350 e. The summed E-state index contributed by atoms with van der Waals surface area (Å²) in [6, 6.07) is 11.3. The van der Waals surface area contributed by atoms with Crippen LogP contribution < -0.4 is 0 Å². The summed E-state index contributed by atoms with van der Waals surface area (Å²) in [4.78, 5) is 11.8. The maximum absolute atomic E-state index is 11.8. The second-order valence-electron chi connectivity index (χ2n) is 4.49. The lowest BCUT2D eigenvalue weighted by Gasteiger charge is -2.26. The van der Waals surface area contributed by atoms with Crippen LogP contribution in [-0.2, 0) is 14.3 Å². The Morgan fingerprint density at radius 1 is 1.37 bits per heavy atom. The van der Waals surface area contributed by atoms with Crippen molar-refractivity contribution in [2.45, 2.75) is 19.4 Å². The Bertz CT molecular complexity index is 557. The zero-order valence-corrected chi connectivity index (χ0v) is 11.0. The SMILES string of the molecule is CCOCC1(C)OC(=O)C(C#N)=C1c1ccccc1. The third-order valence-corrected chi connectivity index (χ3v) is 3.06. The van der Waals surface area contributed by atoms with E-state index in [4.69, 9.17) is 9.47 Å². The average Bonchev–Trinajstić information content (AvgIpc) is 2.68. The highest BCUT2D eigenvalue weighted by molar-refractivity contribution is 6.07. The van der Waals surface area contributed by atoms with Crippen LogP contribution in [0.1, 0.15) is 19.4 Å². The third kappa shape index (κ3) is 2.38. The van der Waals surface area contributed by atoms with E-state index in [0.29, 0.717) is 12.2 Å². The lowest BCUT2D eigenvalue weighted by atomic mass is 9.88. The number of carbonyl (C=O) groups excluding carboxylic acids is 1. The van der Waals surface area contributed by atoms with Gasteiger partial charge in [0.05, 0.1) is 6.61 Å². The number of rotatable bonds is 4. The molecule has 98 valence electrons. The van der Waals surface area contributed by atoms with Gasteiger partial charge in [-0.1, -0.05) is 30.3 Å². The standard InChI is InChI=1S/C15H15NO3/c1-3-18-10-15(2)13(11-7-5-4-6-8-11)12(9-16)14(17)19-15/h4-8H,3,10H2,1-2H3. The fourth-order valence-corrected chi connectivity index (χ4v) is 2.23. The van der Waals surface area contributed by atoms with E-state index in [0.717, 1.165) is 5.56 Å². The molecule has 0 radical (unpaired) electrons. The van der Waals surface area contributed by atoms with E-state index in [-0.39, 0.29) is 12.2 Å². The first kappa shape index (κ1) is 13.3. The topological polar surface area (TPSA) is 59.3 Å². The van der Waals surface area contributed by atoms with E-state index in [1.165, 1.54) is 0 Å². The molecule has 0 aromatic heterocycles. The summed E-state index contributed by atoms with van der Waals surface area (Å²) in [7, 11) is 0. The zero-order chi connectivity index (χ0) is 13.9. The lowest BCUT2D eigenvalue weighted by molar-refractivity contribution is -0.148. The molecule has 0 spiro atoms. The van der Waals surface area contributed by atoms with E-state index in [1.807, 2.05) is 43.3 Å². The Morgan fingerprint density at radius 2 is 2.05 bits per heavy atom. The first-order valence-electron chi connectivity index (χ1n) is 6.13. The number of cyclic esters (lactones) is 1. The molecule has 0 saturated heterocycles. The molecule has 0 N–H and O–H groups in total. The molecule has 0 saturated carbocycles. The minimum Gasteiger partial charge on any atom is -0.448 e. The predicted octanol–water partition coefficient (Wildman–Crippen LogP) is 2.32.